The maximum Gasteiger partial charge on any atom is 0.277 e. The number of nitrogens with zero attached hydrogens (tertiary/aromatic N) is 2. The van der Waals surface area contributed by atoms with Crippen molar-refractivity contribution in [2.24, 2.45) is 0 Å². The van der Waals surface area contributed by atoms with Gasteiger partial charge in [0.25, 0.3) is 5.22 Å². The molecule has 7 heteroatoms. The van der Waals surface area contributed by atoms with Gasteiger partial charge in [0.2, 0.25) is 11.8 Å². The molecule has 3 rings (SSSR count). The van der Waals surface area contributed by atoms with Crippen LogP contribution in [-0.2, 0) is 17.6 Å². The lowest BCUT2D eigenvalue weighted by atomic mass is 10.1. The van der Waals surface area contributed by atoms with Crippen LogP contribution in [0, 0.1) is 13.8 Å². The van der Waals surface area contributed by atoms with Gasteiger partial charge in [0.1, 0.15) is 5.75 Å². The molecule has 1 amide bonds. The lowest BCUT2D eigenvalue weighted by molar-refractivity contribution is -0.113. The number of nitrogens with one attached hydrogen (secondary N) is 1. The van der Waals surface area contributed by atoms with E-state index in [-0.39, 0.29) is 11.7 Å². The number of hydrogen-bond acceptors (Lipinski definition) is 6. The number of ether oxygens (including phenoxy) is 1. The molecule has 0 saturated carbocycles. The number of carbonyl (C=O) groups excluding carboxylic acids is 1. The number of aromatic nitrogens is 2. The minimum Gasteiger partial charge on any atom is -0.496 e. The summed E-state index contributed by atoms with van der Waals surface area (Å²) in [6.45, 7) is 4.03. The summed E-state index contributed by atoms with van der Waals surface area (Å²) in [5, 5.41) is 11.4. The van der Waals surface area contributed by atoms with Crippen molar-refractivity contribution in [1.82, 2.24) is 10.2 Å². The largest absolute Gasteiger partial charge is 0.496 e. The van der Waals surface area contributed by atoms with E-state index in [2.05, 4.69) is 27.6 Å². The molecular weight excluding hydrogens is 386 g/mol. The van der Waals surface area contributed by atoms with E-state index in [0.717, 1.165) is 35.4 Å². The molecule has 6 nitrogen and oxygen atoms in total. The van der Waals surface area contributed by atoms with E-state index >= 15 is 0 Å². The first-order chi connectivity index (χ1) is 14.0. The summed E-state index contributed by atoms with van der Waals surface area (Å²) in [6, 6.07) is 13.9. The topological polar surface area (TPSA) is 77.2 Å². The van der Waals surface area contributed by atoms with Crippen LogP contribution in [0.1, 0.15) is 29.0 Å². The molecule has 0 bridgehead atoms. The average molecular weight is 412 g/mol. The van der Waals surface area contributed by atoms with Gasteiger partial charge in [0.15, 0.2) is 0 Å². The van der Waals surface area contributed by atoms with Crippen LogP contribution < -0.4 is 10.1 Å². The summed E-state index contributed by atoms with van der Waals surface area (Å²) in [7, 11) is 1.68. The first-order valence-electron chi connectivity index (χ1n) is 9.48. The van der Waals surface area contributed by atoms with Gasteiger partial charge in [-0.05, 0) is 61.6 Å². The molecule has 3 aromatic rings. The number of carbonyl (C=O) groups is 1. The Balaban J connectivity index is 1.42. The SMILES string of the molecule is COc1ccc(CCCc2nnc(SCC(=O)Nc3cccc(C)c3)o2)cc1C. The van der Waals surface area contributed by atoms with Crippen molar-refractivity contribution in [3.8, 4) is 5.75 Å². The third-order valence-electron chi connectivity index (χ3n) is 4.39. The van der Waals surface area contributed by atoms with Gasteiger partial charge in [-0.15, -0.1) is 10.2 Å². The molecule has 2 aromatic carbocycles. The van der Waals surface area contributed by atoms with Crippen LogP contribution >= 0.6 is 11.8 Å². The molecule has 0 fully saturated rings. The Kier molecular flexibility index (Phi) is 7.30. The van der Waals surface area contributed by atoms with Crippen LogP contribution in [0.25, 0.3) is 0 Å². The van der Waals surface area contributed by atoms with Crippen LogP contribution in [0.5, 0.6) is 5.75 Å². The Bertz CT molecular complexity index is 971. The molecule has 0 unspecified atom stereocenters. The minimum absolute atomic E-state index is 0.102. The van der Waals surface area contributed by atoms with Gasteiger partial charge in [-0.1, -0.05) is 36.0 Å². The smallest absolute Gasteiger partial charge is 0.277 e. The third-order valence-corrected chi connectivity index (χ3v) is 5.21. The predicted octanol–water partition coefficient (Wildman–Crippen LogP) is 4.60. The van der Waals surface area contributed by atoms with E-state index in [9.17, 15) is 4.79 Å². The van der Waals surface area contributed by atoms with Crippen LogP contribution in [-0.4, -0.2) is 29.0 Å². The number of benzene rings is 2. The number of methoxy groups -OCH3 is 1. The Morgan fingerprint density at radius 2 is 2.00 bits per heavy atom. The van der Waals surface area contributed by atoms with E-state index in [1.807, 2.05) is 44.2 Å². The molecule has 0 radical (unpaired) electrons. The van der Waals surface area contributed by atoms with Crippen LogP contribution in [0.15, 0.2) is 52.1 Å². The molecule has 0 saturated heterocycles. The van der Waals surface area contributed by atoms with E-state index in [1.165, 1.54) is 17.3 Å². The summed E-state index contributed by atoms with van der Waals surface area (Å²) < 4.78 is 10.9. The highest BCUT2D eigenvalue weighted by Gasteiger charge is 2.10. The normalized spacial score (nSPS) is 10.7. The van der Waals surface area contributed by atoms with E-state index < -0.39 is 0 Å². The molecular formula is C22H25N3O3S. The fourth-order valence-corrected chi connectivity index (χ4v) is 3.56. The minimum atomic E-state index is -0.102. The zero-order chi connectivity index (χ0) is 20.6. The molecule has 1 N–H and O–H groups in total. The second kappa shape index (κ2) is 10.1. The second-order valence-corrected chi connectivity index (χ2v) is 7.75. The number of aryl methyl sites for hydroxylation is 4. The van der Waals surface area contributed by atoms with Crippen LogP contribution in [0.3, 0.4) is 0 Å². The summed E-state index contributed by atoms with van der Waals surface area (Å²) >= 11 is 1.24. The van der Waals surface area contributed by atoms with Crippen molar-refractivity contribution in [2.45, 2.75) is 38.3 Å². The molecule has 0 aliphatic heterocycles. The number of anilines is 1. The lowest BCUT2D eigenvalue weighted by Gasteiger charge is -2.06. The fraction of sp³-hybridized carbons (Fsp3) is 0.318. The van der Waals surface area contributed by atoms with Gasteiger partial charge >= 0.3 is 0 Å². The summed E-state index contributed by atoms with van der Waals surface area (Å²) in [5.41, 5.74) is 4.27. The quantitative estimate of drug-likeness (QED) is 0.519. The zero-order valence-electron chi connectivity index (χ0n) is 16.9. The van der Waals surface area contributed by atoms with Crippen molar-refractivity contribution in [1.29, 1.82) is 0 Å². The van der Waals surface area contributed by atoms with Crippen molar-refractivity contribution in [3.05, 3.63) is 65.0 Å². The first-order valence-corrected chi connectivity index (χ1v) is 10.5. The Morgan fingerprint density at radius 1 is 1.14 bits per heavy atom. The average Bonchev–Trinajstić information content (AvgIpc) is 3.14. The highest BCUT2D eigenvalue weighted by atomic mass is 32.2. The predicted molar refractivity (Wildman–Crippen MR) is 115 cm³/mol. The highest BCUT2D eigenvalue weighted by molar-refractivity contribution is 7.99. The molecule has 0 aliphatic carbocycles. The Labute approximate surface area is 175 Å². The number of rotatable bonds is 9. The third kappa shape index (κ3) is 6.35. The molecule has 0 aliphatic rings. The number of hydrogen-bond donors (Lipinski definition) is 1. The van der Waals surface area contributed by atoms with Gasteiger partial charge in [-0.2, -0.15) is 0 Å². The van der Waals surface area contributed by atoms with E-state index in [0.29, 0.717) is 17.5 Å². The van der Waals surface area contributed by atoms with E-state index in [1.54, 1.807) is 7.11 Å². The fourth-order valence-electron chi connectivity index (χ4n) is 2.98. The highest BCUT2D eigenvalue weighted by Crippen LogP contribution is 2.21. The molecule has 152 valence electrons. The van der Waals surface area contributed by atoms with Gasteiger partial charge < -0.3 is 14.5 Å². The van der Waals surface area contributed by atoms with Crippen molar-refractivity contribution in [3.63, 3.8) is 0 Å². The Morgan fingerprint density at radius 3 is 2.76 bits per heavy atom. The lowest BCUT2D eigenvalue weighted by Crippen LogP contribution is -2.13. The molecule has 29 heavy (non-hydrogen) atoms. The monoisotopic (exact) mass is 411 g/mol. The number of amides is 1. The van der Waals surface area contributed by atoms with E-state index in [4.69, 9.17) is 9.15 Å². The van der Waals surface area contributed by atoms with Crippen molar-refractivity contribution < 1.29 is 13.9 Å². The first kappa shape index (κ1) is 20.9. The van der Waals surface area contributed by atoms with Crippen molar-refractivity contribution in [2.75, 3.05) is 18.2 Å². The second-order valence-electron chi connectivity index (χ2n) is 6.83. The maximum absolute atomic E-state index is 12.1. The van der Waals surface area contributed by atoms with Crippen LogP contribution in [0.2, 0.25) is 0 Å². The number of thioether (sulfide) groups is 1. The Hall–Kier alpha value is -2.80. The standard InChI is InChI=1S/C22H25N3O3S/c1-15-6-4-8-18(12-15)23-20(26)14-29-22-25-24-21(28-22)9-5-7-17-10-11-19(27-3)16(2)13-17/h4,6,8,10-13H,5,7,9,14H2,1-3H3,(H,23,26). The molecule has 0 atom stereocenters. The van der Waals surface area contributed by atoms with Gasteiger partial charge in [0.05, 0.1) is 12.9 Å². The van der Waals surface area contributed by atoms with Crippen molar-refractivity contribution >= 4 is 23.4 Å². The maximum atomic E-state index is 12.1. The summed E-state index contributed by atoms with van der Waals surface area (Å²) in [5.74, 6) is 1.62. The molecule has 0 spiro atoms. The summed E-state index contributed by atoms with van der Waals surface area (Å²) in [4.78, 5) is 12.1. The van der Waals surface area contributed by atoms with Crippen LogP contribution in [0.4, 0.5) is 5.69 Å². The van der Waals surface area contributed by atoms with Gasteiger partial charge in [0, 0.05) is 12.1 Å². The van der Waals surface area contributed by atoms with Gasteiger partial charge in [-0.3, -0.25) is 4.79 Å². The summed E-state index contributed by atoms with van der Waals surface area (Å²) in [6.07, 6.45) is 2.54. The molecule has 1 aromatic heterocycles. The molecule has 1 heterocycles. The van der Waals surface area contributed by atoms with Gasteiger partial charge in [-0.25, -0.2) is 0 Å². The zero-order valence-corrected chi connectivity index (χ0v) is 17.7.